The maximum atomic E-state index is 6.74. The molecule has 12 rings (SSSR count). The molecule has 12 aromatic rings. The fourth-order valence-electron chi connectivity index (χ4n) is 9.41. The van der Waals surface area contributed by atoms with E-state index in [1.54, 1.807) is 0 Å². The largest absolute Gasteiger partial charge is 0.456 e. The molecule has 63 heavy (non-hydrogen) atoms. The predicted molar refractivity (Wildman–Crippen MR) is 264 cm³/mol. The second-order valence-corrected chi connectivity index (χ2v) is 16.1. The van der Waals surface area contributed by atoms with Gasteiger partial charge in [-0.2, -0.15) is 0 Å². The van der Waals surface area contributed by atoms with E-state index in [1.807, 2.05) is 0 Å². The molecule has 3 nitrogen and oxygen atoms in total. The lowest BCUT2D eigenvalue weighted by atomic mass is 9.96. The maximum absolute atomic E-state index is 6.74. The van der Waals surface area contributed by atoms with Crippen molar-refractivity contribution in [2.24, 2.45) is 0 Å². The number of rotatable bonds is 8. The summed E-state index contributed by atoms with van der Waals surface area (Å²) in [4.78, 5) is 2.43. The van der Waals surface area contributed by atoms with Crippen LogP contribution in [0.2, 0.25) is 0 Å². The molecule has 296 valence electrons. The van der Waals surface area contributed by atoms with Gasteiger partial charge in [-0.25, -0.2) is 0 Å². The van der Waals surface area contributed by atoms with Crippen molar-refractivity contribution in [1.82, 2.24) is 4.57 Å². The number of nitrogens with zero attached hydrogens (tertiary/aromatic N) is 2. The summed E-state index contributed by atoms with van der Waals surface area (Å²) in [5.41, 5.74) is 17.6. The van der Waals surface area contributed by atoms with Crippen LogP contribution in [0.5, 0.6) is 0 Å². The van der Waals surface area contributed by atoms with Gasteiger partial charge in [-0.3, -0.25) is 0 Å². The highest BCUT2D eigenvalue weighted by Crippen LogP contribution is 2.48. The predicted octanol–water partition coefficient (Wildman–Crippen LogP) is 16.8. The zero-order valence-corrected chi connectivity index (χ0v) is 34.4. The zero-order valence-electron chi connectivity index (χ0n) is 34.4. The van der Waals surface area contributed by atoms with Gasteiger partial charge in [0.2, 0.25) is 0 Å². The summed E-state index contributed by atoms with van der Waals surface area (Å²) >= 11 is 0. The summed E-state index contributed by atoms with van der Waals surface area (Å²) in [5.74, 6) is 0. The molecule has 3 heteroatoms. The summed E-state index contributed by atoms with van der Waals surface area (Å²) in [7, 11) is 0. The van der Waals surface area contributed by atoms with Crippen LogP contribution in [-0.2, 0) is 0 Å². The third-order valence-electron chi connectivity index (χ3n) is 12.4. The van der Waals surface area contributed by atoms with E-state index in [-0.39, 0.29) is 0 Å². The number of fused-ring (bicyclic) bond motifs is 6. The Morgan fingerprint density at radius 3 is 1.59 bits per heavy atom. The van der Waals surface area contributed by atoms with Crippen LogP contribution in [0.25, 0.3) is 93.9 Å². The molecule has 0 spiro atoms. The van der Waals surface area contributed by atoms with Crippen molar-refractivity contribution >= 4 is 60.8 Å². The van der Waals surface area contributed by atoms with Gasteiger partial charge in [-0.05, 0) is 112 Å². The fraction of sp³-hybridized carbons (Fsp3) is 0. The van der Waals surface area contributed by atoms with Gasteiger partial charge in [-0.1, -0.05) is 170 Å². The molecular weight excluding hydrogens is 765 g/mol. The zero-order chi connectivity index (χ0) is 41.7. The topological polar surface area (TPSA) is 21.3 Å². The summed E-state index contributed by atoms with van der Waals surface area (Å²) in [6, 6.07) is 87.1. The SMILES string of the molecule is c1ccc(-c2ccc(N(c3cc(-c4ccccc4)ccc3-c3ccccc3)c3cccc4oc5ccc(-c6ccc7c(c6)c6ccccc6n7-c6ccccc6)cc5c34)cc2)cc1. The minimum absolute atomic E-state index is 0.840. The van der Waals surface area contributed by atoms with E-state index in [1.165, 1.54) is 38.5 Å². The molecule has 10 aromatic carbocycles. The lowest BCUT2D eigenvalue weighted by Gasteiger charge is -2.29. The quantitative estimate of drug-likeness (QED) is 0.153. The highest BCUT2D eigenvalue weighted by atomic mass is 16.3. The van der Waals surface area contributed by atoms with Crippen molar-refractivity contribution < 1.29 is 4.42 Å². The number of furan rings is 1. The average Bonchev–Trinajstić information content (AvgIpc) is 3.91. The third-order valence-corrected chi connectivity index (χ3v) is 12.4. The van der Waals surface area contributed by atoms with Crippen LogP contribution in [0.4, 0.5) is 17.1 Å². The second kappa shape index (κ2) is 15.3. The van der Waals surface area contributed by atoms with E-state index in [2.05, 4.69) is 252 Å². The summed E-state index contributed by atoms with van der Waals surface area (Å²) < 4.78 is 9.11. The van der Waals surface area contributed by atoms with Crippen LogP contribution < -0.4 is 4.90 Å². The Hall–Kier alpha value is -8.40. The molecule has 0 unspecified atom stereocenters. The number of benzene rings is 10. The molecule has 2 heterocycles. The van der Waals surface area contributed by atoms with Crippen LogP contribution >= 0.6 is 0 Å². The van der Waals surface area contributed by atoms with E-state index in [9.17, 15) is 0 Å². The Kier molecular flexibility index (Phi) is 8.83. The number of hydrogen-bond acceptors (Lipinski definition) is 2. The number of anilines is 3. The molecule has 0 fully saturated rings. The summed E-state index contributed by atoms with van der Waals surface area (Å²) in [5, 5.41) is 4.58. The van der Waals surface area contributed by atoms with Gasteiger partial charge in [0, 0.05) is 33.1 Å². The maximum Gasteiger partial charge on any atom is 0.137 e. The first-order valence-electron chi connectivity index (χ1n) is 21.5. The molecule has 0 atom stereocenters. The molecular formula is C60H40N2O. The molecule has 0 bridgehead atoms. The van der Waals surface area contributed by atoms with Crippen LogP contribution in [0.1, 0.15) is 0 Å². The van der Waals surface area contributed by atoms with E-state index in [0.29, 0.717) is 0 Å². The van der Waals surface area contributed by atoms with Crippen molar-refractivity contribution in [3.8, 4) is 50.2 Å². The van der Waals surface area contributed by atoms with Gasteiger partial charge in [0.15, 0.2) is 0 Å². The minimum atomic E-state index is 0.840. The van der Waals surface area contributed by atoms with Crippen molar-refractivity contribution in [3.63, 3.8) is 0 Å². The third kappa shape index (κ3) is 6.38. The van der Waals surface area contributed by atoms with Gasteiger partial charge in [0.05, 0.1) is 27.8 Å². The van der Waals surface area contributed by atoms with E-state index in [0.717, 1.165) is 72.5 Å². The van der Waals surface area contributed by atoms with Crippen LogP contribution in [0.15, 0.2) is 247 Å². The normalized spacial score (nSPS) is 11.5. The Bertz CT molecular complexity index is 3590. The molecule has 0 aliphatic rings. The van der Waals surface area contributed by atoms with Crippen LogP contribution in [0, 0.1) is 0 Å². The lowest BCUT2D eigenvalue weighted by Crippen LogP contribution is -2.12. The molecule has 0 aliphatic carbocycles. The van der Waals surface area contributed by atoms with Crippen molar-refractivity contribution in [2.45, 2.75) is 0 Å². The Labute approximate surface area is 366 Å². The van der Waals surface area contributed by atoms with Crippen molar-refractivity contribution in [2.75, 3.05) is 4.90 Å². The smallest absolute Gasteiger partial charge is 0.137 e. The van der Waals surface area contributed by atoms with Gasteiger partial charge in [-0.15, -0.1) is 0 Å². The Balaban J connectivity index is 1.08. The molecule has 0 amide bonds. The average molecular weight is 805 g/mol. The monoisotopic (exact) mass is 804 g/mol. The molecule has 0 saturated heterocycles. The lowest BCUT2D eigenvalue weighted by molar-refractivity contribution is 0.669. The van der Waals surface area contributed by atoms with Gasteiger partial charge < -0.3 is 13.9 Å². The molecule has 2 aromatic heterocycles. The highest BCUT2D eigenvalue weighted by molar-refractivity contribution is 6.15. The molecule has 0 radical (unpaired) electrons. The number of hydrogen-bond donors (Lipinski definition) is 0. The van der Waals surface area contributed by atoms with E-state index < -0.39 is 0 Å². The van der Waals surface area contributed by atoms with Gasteiger partial charge in [0.25, 0.3) is 0 Å². The van der Waals surface area contributed by atoms with E-state index >= 15 is 0 Å². The van der Waals surface area contributed by atoms with Gasteiger partial charge in [0.1, 0.15) is 11.2 Å². The minimum Gasteiger partial charge on any atom is -0.456 e. The first-order chi connectivity index (χ1) is 31.2. The van der Waals surface area contributed by atoms with Crippen LogP contribution in [-0.4, -0.2) is 4.57 Å². The molecule has 0 N–H and O–H groups in total. The van der Waals surface area contributed by atoms with Gasteiger partial charge >= 0.3 is 0 Å². The second-order valence-electron chi connectivity index (χ2n) is 16.1. The molecule has 0 aliphatic heterocycles. The Morgan fingerprint density at radius 2 is 0.857 bits per heavy atom. The fourth-order valence-corrected chi connectivity index (χ4v) is 9.41. The highest BCUT2D eigenvalue weighted by Gasteiger charge is 2.23. The first kappa shape index (κ1) is 36.5. The Morgan fingerprint density at radius 1 is 0.317 bits per heavy atom. The summed E-state index contributed by atoms with van der Waals surface area (Å²) in [6.07, 6.45) is 0. The van der Waals surface area contributed by atoms with E-state index in [4.69, 9.17) is 4.42 Å². The number of para-hydroxylation sites is 2. The van der Waals surface area contributed by atoms with Crippen LogP contribution in [0.3, 0.4) is 0 Å². The number of aromatic nitrogens is 1. The summed E-state index contributed by atoms with van der Waals surface area (Å²) in [6.45, 7) is 0. The first-order valence-corrected chi connectivity index (χ1v) is 21.5. The standard InChI is InChI=1S/C60H40N2O/c1-5-16-41(17-6-1)43-28-33-49(34-29-43)62(57-40-47(42-18-7-2-8-19-42)30-35-50(57)44-20-9-3-10-21-44)56-26-15-27-59-60(56)53-39-46(32-37-58(53)63-59)45-31-36-55-52(38-45)51-24-13-14-25-54(51)61(55)48-22-11-4-12-23-48/h1-40H. The van der Waals surface area contributed by atoms with Crippen molar-refractivity contribution in [1.29, 1.82) is 0 Å². The molecule has 0 saturated carbocycles. The van der Waals surface area contributed by atoms with Crippen molar-refractivity contribution in [3.05, 3.63) is 243 Å².